The van der Waals surface area contributed by atoms with Crippen molar-refractivity contribution >= 4 is 17.5 Å². The number of amidine groups is 1. The second-order valence-electron chi connectivity index (χ2n) is 12.9. The van der Waals surface area contributed by atoms with Gasteiger partial charge in [0.2, 0.25) is 12.3 Å². The van der Waals surface area contributed by atoms with Crippen molar-refractivity contribution in [2.75, 3.05) is 46.9 Å². The van der Waals surface area contributed by atoms with E-state index in [9.17, 15) is 14.9 Å². The molecule has 0 bridgehead atoms. The maximum absolute atomic E-state index is 14.7. The largest absolute Gasteiger partial charge is 0.362 e. The molecule has 1 amide bonds. The van der Waals surface area contributed by atoms with Gasteiger partial charge >= 0.3 is 0 Å². The van der Waals surface area contributed by atoms with E-state index in [0.717, 1.165) is 31.6 Å². The lowest BCUT2D eigenvalue weighted by Crippen LogP contribution is -2.68. The van der Waals surface area contributed by atoms with Crippen LogP contribution in [-0.4, -0.2) is 114 Å². The normalized spacial score (nSPS) is 33.1. The van der Waals surface area contributed by atoms with E-state index in [1.807, 2.05) is 11.9 Å². The third kappa shape index (κ3) is 5.42. The fraction of sp³-hybridized carbons (Fsp3) is 0.636. The van der Waals surface area contributed by atoms with Gasteiger partial charge in [0.15, 0.2) is 5.78 Å². The summed E-state index contributed by atoms with van der Waals surface area (Å²) < 4.78 is 13.0. The molecule has 230 valence electrons. The number of fused-ring (bicyclic) bond motifs is 2. The van der Waals surface area contributed by atoms with Crippen LogP contribution in [0.1, 0.15) is 48.8 Å². The molecule has 5 aliphatic rings. The number of ketones is 1. The molecule has 43 heavy (non-hydrogen) atoms. The van der Waals surface area contributed by atoms with Crippen LogP contribution in [-0.2, 0) is 32.1 Å². The van der Waals surface area contributed by atoms with E-state index < -0.39 is 18.0 Å². The number of aryl methyl sites for hydroxylation is 1. The third-order valence-corrected chi connectivity index (χ3v) is 10.5. The van der Waals surface area contributed by atoms with Crippen molar-refractivity contribution in [3.8, 4) is 6.07 Å². The number of hydrogen-bond acceptors (Lipinski definition) is 9. The molecule has 6 atom stereocenters. The molecule has 2 saturated heterocycles. The lowest BCUT2D eigenvalue weighted by atomic mass is 9.68. The molecule has 10 nitrogen and oxygen atoms in total. The van der Waals surface area contributed by atoms with Crippen LogP contribution in [0.25, 0.3) is 0 Å². The number of likely N-dealkylation sites (N-methyl/N-ethyl adjacent to an activating group) is 2. The number of hydrogen-bond donors (Lipinski definition) is 0. The molecule has 1 aromatic carbocycles. The number of piperazine rings is 1. The molecule has 1 aromatic rings. The molecular weight excluding hydrogens is 544 g/mol. The molecule has 4 aliphatic heterocycles. The maximum atomic E-state index is 14.7. The second-order valence-corrected chi connectivity index (χ2v) is 12.9. The van der Waals surface area contributed by atoms with Crippen LogP contribution in [0.4, 0.5) is 0 Å². The molecule has 1 saturated carbocycles. The lowest BCUT2D eigenvalue weighted by Gasteiger charge is -2.53. The number of rotatable bonds is 5. The standard InChI is InChI=1S/C33H44N6O4/c1-5-28(40)39-17-16-38(19-24(39)12-14-34)31-26-11-13-33(18-23-9-6-8-22(2)27(23)21-43-33)30(41)29(26)37(4)32(35-31)42-20-25-10-7-15-36(25)3/h5-6,8-9,24-26,29,32H,1,7,10-13,15-21H2,2-4H3/t24?,25?,26?,29?,32?,33-/m0/s1. The monoisotopic (exact) mass is 588 g/mol. The summed E-state index contributed by atoms with van der Waals surface area (Å²) in [5.74, 6) is 0.678. The molecule has 0 radical (unpaired) electrons. The average molecular weight is 589 g/mol. The summed E-state index contributed by atoms with van der Waals surface area (Å²) in [6.07, 6.45) is 5.13. The Bertz CT molecular complexity index is 1340. The second kappa shape index (κ2) is 12.1. The Labute approximate surface area is 254 Å². The molecule has 1 spiro atoms. The first-order valence-corrected chi connectivity index (χ1v) is 15.7. The number of nitriles is 1. The zero-order valence-electron chi connectivity index (χ0n) is 25.7. The fourth-order valence-electron chi connectivity index (χ4n) is 7.93. The van der Waals surface area contributed by atoms with Crippen molar-refractivity contribution in [3.05, 3.63) is 47.5 Å². The van der Waals surface area contributed by atoms with Gasteiger partial charge in [-0.2, -0.15) is 5.26 Å². The zero-order chi connectivity index (χ0) is 30.3. The van der Waals surface area contributed by atoms with Gasteiger partial charge in [-0.05, 0) is 76.0 Å². The van der Waals surface area contributed by atoms with Crippen molar-refractivity contribution in [3.63, 3.8) is 0 Å². The number of carbonyl (C=O) groups excluding carboxylic acids is 2. The van der Waals surface area contributed by atoms with Crippen LogP contribution in [0.15, 0.2) is 35.8 Å². The van der Waals surface area contributed by atoms with Gasteiger partial charge in [-0.3, -0.25) is 14.5 Å². The molecule has 1 aliphatic carbocycles. The summed E-state index contributed by atoms with van der Waals surface area (Å²) in [6, 6.07) is 8.16. The number of ether oxygens (including phenoxy) is 2. The van der Waals surface area contributed by atoms with E-state index >= 15 is 0 Å². The first-order valence-electron chi connectivity index (χ1n) is 15.7. The Morgan fingerprint density at radius 3 is 2.84 bits per heavy atom. The van der Waals surface area contributed by atoms with E-state index in [1.54, 1.807) is 4.90 Å². The van der Waals surface area contributed by atoms with E-state index in [1.165, 1.54) is 22.8 Å². The van der Waals surface area contributed by atoms with Crippen LogP contribution in [0.2, 0.25) is 0 Å². The van der Waals surface area contributed by atoms with Crippen molar-refractivity contribution in [1.82, 2.24) is 19.6 Å². The van der Waals surface area contributed by atoms with Gasteiger partial charge in [-0.15, -0.1) is 0 Å². The van der Waals surface area contributed by atoms with Gasteiger partial charge in [0.1, 0.15) is 11.4 Å². The maximum Gasteiger partial charge on any atom is 0.246 e. The summed E-state index contributed by atoms with van der Waals surface area (Å²) in [5, 5.41) is 9.56. The topological polar surface area (TPSA) is 102 Å². The van der Waals surface area contributed by atoms with Crippen LogP contribution in [0, 0.1) is 24.2 Å². The highest BCUT2D eigenvalue weighted by atomic mass is 16.5. The van der Waals surface area contributed by atoms with Crippen LogP contribution in [0.3, 0.4) is 0 Å². The highest BCUT2D eigenvalue weighted by Crippen LogP contribution is 2.44. The molecular formula is C33H44N6O4. The van der Waals surface area contributed by atoms with Gasteiger partial charge in [-0.1, -0.05) is 24.8 Å². The van der Waals surface area contributed by atoms with Crippen molar-refractivity contribution < 1.29 is 19.1 Å². The Kier molecular flexibility index (Phi) is 8.44. The van der Waals surface area contributed by atoms with E-state index in [0.29, 0.717) is 51.7 Å². The van der Waals surface area contributed by atoms with Gasteiger partial charge in [0.05, 0.1) is 37.8 Å². The number of nitrogens with zero attached hydrogens (tertiary/aromatic N) is 6. The van der Waals surface area contributed by atoms with Crippen LogP contribution in [0.5, 0.6) is 0 Å². The highest BCUT2D eigenvalue weighted by Gasteiger charge is 2.57. The van der Waals surface area contributed by atoms with E-state index in [-0.39, 0.29) is 30.1 Å². The minimum atomic E-state index is -0.868. The van der Waals surface area contributed by atoms with Crippen LogP contribution >= 0.6 is 0 Å². The molecule has 10 heteroatoms. The predicted octanol–water partition coefficient (Wildman–Crippen LogP) is 2.51. The van der Waals surface area contributed by atoms with Gasteiger partial charge in [0.25, 0.3) is 0 Å². The Morgan fingerprint density at radius 1 is 1.26 bits per heavy atom. The van der Waals surface area contributed by atoms with Gasteiger partial charge in [-0.25, -0.2) is 4.99 Å². The highest BCUT2D eigenvalue weighted by molar-refractivity contribution is 6.00. The van der Waals surface area contributed by atoms with Gasteiger partial charge < -0.3 is 24.2 Å². The van der Waals surface area contributed by atoms with Crippen molar-refractivity contribution in [2.24, 2.45) is 10.9 Å². The summed E-state index contributed by atoms with van der Waals surface area (Å²) in [4.78, 5) is 40.7. The van der Waals surface area contributed by atoms with Crippen molar-refractivity contribution in [1.29, 1.82) is 5.26 Å². The van der Waals surface area contributed by atoms with E-state index in [4.69, 9.17) is 14.5 Å². The number of amides is 1. The first kappa shape index (κ1) is 29.9. The van der Waals surface area contributed by atoms with Gasteiger partial charge in [0, 0.05) is 38.0 Å². The molecule has 5 unspecified atom stereocenters. The smallest absolute Gasteiger partial charge is 0.246 e. The Balaban J connectivity index is 1.30. The SMILES string of the molecule is C=CC(=O)N1CCN(C2=NC(OCC3CCCN3C)N(C)C3C(=O)[C@]4(CCC23)Cc2cccc(C)c2CO4)CC1CC#N. The quantitative estimate of drug-likeness (QED) is 0.484. The number of Topliss-reactive ketones (excluding diaryl/α,β-unsaturated/α-hetero) is 1. The van der Waals surface area contributed by atoms with Crippen LogP contribution < -0.4 is 0 Å². The lowest BCUT2D eigenvalue weighted by molar-refractivity contribution is -0.172. The van der Waals surface area contributed by atoms with E-state index in [2.05, 4.69) is 54.6 Å². The Morgan fingerprint density at radius 2 is 2.09 bits per heavy atom. The molecule has 0 aromatic heterocycles. The molecule has 4 heterocycles. The summed E-state index contributed by atoms with van der Waals surface area (Å²) in [5.41, 5.74) is 2.72. The number of aliphatic imine (C=N–C) groups is 1. The first-order chi connectivity index (χ1) is 20.8. The predicted molar refractivity (Wildman–Crippen MR) is 162 cm³/mol. The number of benzene rings is 1. The fourth-order valence-corrected chi connectivity index (χ4v) is 7.93. The summed E-state index contributed by atoms with van der Waals surface area (Å²) in [7, 11) is 4.09. The molecule has 0 N–H and O–H groups in total. The average Bonchev–Trinajstić information content (AvgIpc) is 3.42. The summed E-state index contributed by atoms with van der Waals surface area (Å²) in [6.45, 7) is 9.33. The number of likely N-dealkylation sites (tertiary alicyclic amines) is 1. The summed E-state index contributed by atoms with van der Waals surface area (Å²) >= 11 is 0. The van der Waals surface area contributed by atoms with Crippen molar-refractivity contribution in [2.45, 2.75) is 82.1 Å². The molecule has 3 fully saturated rings. The molecule has 6 rings (SSSR count). The third-order valence-electron chi connectivity index (χ3n) is 10.5. The Hall–Kier alpha value is -3.10. The number of carbonyl (C=O) groups is 2. The minimum absolute atomic E-state index is 0.103. The minimum Gasteiger partial charge on any atom is -0.362 e. The zero-order valence-corrected chi connectivity index (χ0v) is 25.7.